The lowest BCUT2D eigenvalue weighted by Crippen LogP contribution is -2.50. The van der Waals surface area contributed by atoms with Gasteiger partial charge in [-0.2, -0.15) is 0 Å². The minimum absolute atomic E-state index is 0.220. The van der Waals surface area contributed by atoms with E-state index in [4.69, 9.17) is 15.0 Å². The van der Waals surface area contributed by atoms with E-state index in [2.05, 4.69) is 32.7 Å². The summed E-state index contributed by atoms with van der Waals surface area (Å²) in [5.41, 5.74) is 6.14. The van der Waals surface area contributed by atoms with Crippen LogP contribution in [0.2, 0.25) is 0 Å². The van der Waals surface area contributed by atoms with E-state index in [0.717, 1.165) is 31.1 Å². The number of hydrogen-bond donors (Lipinski definition) is 1. The predicted octanol–water partition coefficient (Wildman–Crippen LogP) is 2.52. The molecule has 0 saturated carbocycles. The van der Waals surface area contributed by atoms with Gasteiger partial charge < -0.3 is 15.0 Å². The highest BCUT2D eigenvalue weighted by molar-refractivity contribution is 6.62. The molecule has 0 aliphatic carbocycles. The molecule has 2 N–H and O–H groups in total. The van der Waals surface area contributed by atoms with E-state index in [0.29, 0.717) is 5.82 Å². The van der Waals surface area contributed by atoms with E-state index in [1.165, 1.54) is 0 Å². The molecule has 0 aromatic carbocycles. The first-order valence-corrected chi connectivity index (χ1v) is 7.63. The van der Waals surface area contributed by atoms with Gasteiger partial charge in [-0.3, -0.25) is 0 Å². The van der Waals surface area contributed by atoms with Crippen LogP contribution in [0.15, 0.2) is 18.3 Å². The molecule has 0 unspecified atom stereocenters. The number of anilines is 1. The largest absolute Gasteiger partial charge is 0.496 e. The zero-order chi connectivity index (χ0) is 14.8. The molecular formula is C15H25BN2O2. The monoisotopic (exact) mass is 276 g/mol. The highest BCUT2D eigenvalue weighted by Gasteiger charge is 2.58. The van der Waals surface area contributed by atoms with E-state index in [-0.39, 0.29) is 18.3 Å². The average Bonchev–Trinajstić information content (AvgIpc) is 2.83. The van der Waals surface area contributed by atoms with Crippen molar-refractivity contribution >= 4 is 18.4 Å². The van der Waals surface area contributed by atoms with Gasteiger partial charge in [-0.1, -0.05) is 33.8 Å². The summed E-state index contributed by atoms with van der Waals surface area (Å²) < 4.78 is 12.7. The molecule has 4 nitrogen and oxygen atoms in total. The van der Waals surface area contributed by atoms with Gasteiger partial charge in [-0.05, 0) is 31.7 Å². The van der Waals surface area contributed by atoms with Crippen LogP contribution in [0.1, 0.15) is 53.4 Å². The van der Waals surface area contributed by atoms with Gasteiger partial charge in [-0.25, -0.2) is 4.98 Å². The molecule has 110 valence electrons. The maximum Gasteiger partial charge on any atom is 0.496 e. The maximum atomic E-state index is 6.37. The summed E-state index contributed by atoms with van der Waals surface area (Å²) in [5.74, 6) is 0.515. The predicted molar refractivity (Wildman–Crippen MR) is 82.8 cm³/mol. The number of rotatable bonds is 5. The first-order valence-electron chi connectivity index (χ1n) is 7.63. The molecule has 1 aliphatic rings. The second-order valence-electron chi connectivity index (χ2n) is 5.49. The molecule has 0 amide bonds. The van der Waals surface area contributed by atoms with Crippen LogP contribution in [0.25, 0.3) is 0 Å². The van der Waals surface area contributed by atoms with Crippen molar-refractivity contribution in [3.05, 3.63) is 18.3 Å². The van der Waals surface area contributed by atoms with Crippen molar-refractivity contribution in [1.82, 2.24) is 4.98 Å². The standard InChI is InChI=1S/C15H25BN2O2/c1-5-14(6-2)15(7-3,8-4)20-16(19-14)12-9-10-13(17)18-11-12/h9-11H,5-8H2,1-4H3,(H2,17,18). The molecule has 5 heteroatoms. The van der Waals surface area contributed by atoms with E-state index < -0.39 is 0 Å². The summed E-state index contributed by atoms with van der Waals surface area (Å²) in [5, 5.41) is 0. The first-order chi connectivity index (χ1) is 9.56. The van der Waals surface area contributed by atoms with Crippen molar-refractivity contribution in [1.29, 1.82) is 0 Å². The van der Waals surface area contributed by atoms with Crippen LogP contribution in [0, 0.1) is 0 Å². The van der Waals surface area contributed by atoms with Gasteiger partial charge in [0.25, 0.3) is 0 Å². The summed E-state index contributed by atoms with van der Waals surface area (Å²) in [4.78, 5) is 4.14. The first kappa shape index (κ1) is 15.3. The Morgan fingerprint density at radius 2 is 1.50 bits per heavy atom. The van der Waals surface area contributed by atoms with Gasteiger partial charge >= 0.3 is 7.12 Å². The highest BCUT2D eigenvalue weighted by atomic mass is 16.7. The summed E-state index contributed by atoms with van der Waals surface area (Å²) in [6.07, 6.45) is 5.54. The third-order valence-electron chi connectivity index (χ3n) is 4.86. The molecule has 2 heterocycles. The van der Waals surface area contributed by atoms with Crippen molar-refractivity contribution in [3.8, 4) is 0 Å². The van der Waals surface area contributed by atoms with Crippen LogP contribution in [0.4, 0.5) is 5.82 Å². The van der Waals surface area contributed by atoms with Crippen LogP contribution >= 0.6 is 0 Å². The molecule has 1 aromatic heterocycles. The third kappa shape index (κ3) is 2.23. The van der Waals surface area contributed by atoms with Crippen molar-refractivity contribution in [2.24, 2.45) is 0 Å². The normalized spacial score (nSPS) is 20.3. The number of nitrogen functional groups attached to an aromatic ring is 1. The summed E-state index contributed by atoms with van der Waals surface area (Å²) in [6.45, 7) is 8.71. The highest BCUT2D eigenvalue weighted by Crippen LogP contribution is 2.46. The van der Waals surface area contributed by atoms with Crippen LogP contribution in [-0.2, 0) is 9.31 Å². The lowest BCUT2D eigenvalue weighted by Gasteiger charge is -2.42. The van der Waals surface area contributed by atoms with Crippen molar-refractivity contribution in [3.63, 3.8) is 0 Å². The second kappa shape index (κ2) is 5.74. The van der Waals surface area contributed by atoms with Gasteiger partial charge in [0.1, 0.15) is 5.82 Å². The van der Waals surface area contributed by atoms with E-state index in [1.54, 1.807) is 12.3 Å². The molecule has 1 saturated heterocycles. The zero-order valence-corrected chi connectivity index (χ0v) is 13.0. The summed E-state index contributed by atoms with van der Waals surface area (Å²) >= 11 is 0. The minimum atomic E-state index is -0.345. The van der Waals surface area contributed by atoms with E-state index >= 15 is 0 Å². The van der Waals surface area contributed by atoms with Crippen LogP contribution in [-0.4, -0.2) is 23.3 Å². The van der Waals surface area contributed by atoms with E-state index in [9.17, 15) is 0 Å². The number of nitrogens with zero attached hydrogens (tertiary/aromatic N) is 1. The number of hydrogen-bond acceptors (Lipinski definition) is 4. The molecule has 1 aromatic rings. The van der Waals surface area contributed by atoms with E-state index in [1.807, 2.05) is 6.07 Å². The molecule has 0 spiro atoms. The SMILES string of the molecule is CCC1(CC)OB(c2ccc(N)nc2)OC1(CC)CC. The lowest BCUT2D eigenvalue weighted by atomic mass is 9.75. The van der Waals surface area contributed by atoms with Crippen LogP contribution in [0.5, 0.6) is 0 Å². The topological polar surface area (TPSA) is 57.4 Å². The van der Waals surface area contributed by atoms with Gasteiger partial charge in [0.15, 0.2) is 0 Å². The van der Waals surface area contributed by atoms with Gasteiger partial charge in [0, 0.05) is 11.7 Å². The number of aromatic nitrogens is 1. The second-order valence-corrected chi connectivity index (χ2v) is 5.49. The fraction of sp³-hybridized carbons (Fsp3) is 0.667. The molecular weight excluding hydrogens is 251 g/mol. The minimum Gasteiger partial charge on any atom is -0.399 e. The average molecular weight is 276 g/mol. The van der Waals surface area contributed by atoms with Gasteiger partial charge in [0.05, 0.1) is 11.2 Å². The summed E-state index contributed by atoms with van der Waals surface area (Å²) in [6, 6.07) is 3.73. The van der Waals surface area contributed by atoms with Crippen molar-refractivity contribution < 1.29 is 9.31 Å². The molecule has 0 bridgehead atoms. The Morgan fingerprint density at radius 3 is 1.85 bits per heavy atom. The Hall–Kier alpha value is -1.07. The van der Waals surface area contributed by atoms with Crippen LogP contribution < -0.4 is 11.2 Å². The third-order valence-corrected chi connectivity index (χ3v) is 4.86. The molecule has 1 fully saturated rings. The quantitative estimate of drug-likeness (QED) is 0.839. The lowest BCUT2D eigenvalue weighted by molar-refractivity contribution is -0.0601. The zero-order valence-electron chi connectivity index (χ0n) is 13.0. The Balaban J connectivity index is 2.35. The maximum absolute atomic E-state index is 6.37. The Morgan fingerprint density at radius 1 is 1.00 bits per heavy atom. The molecule has 1 aliphatic heterocycles. The fourth-order valence-electron chi connectivity index (χ4n) is 3.46. The Bertz CT molecular complexity index is 422. The Labute approximate surface area is 122 Å². The van der Waals surface area contributed by atoms with Crippen LogP contribution in [0.3, 0.4) is 0 Å². The van der Waals surface area contributed by atoms with Crippen molar-refractivity contribution in [2.45, 2.75) is 64.6 Å². The molecule has 0 atom stereocenters. The van der Waals surface area contributed by atoms with Gasteiger partial charge in [0.2, 0.25) is 0 Å². The smallest absolute Gasteiger partial charge is 0.399 e. The number of pyridine rings is 1. The molecule has 2 rings (SSSR count). The van der Waals surface area contributed by atoms with Gasteiger partial charge in [-0.15, -0.1) is 0 Å². The molecule has 0 radical (unpaired) electrons. The number of nitrogens with two attached hydrogens (primary N) is 1. The molecule has 20 heavy (non-hydrogen) atoms. The summed E-state index contributed by atoms with van der Waals surface area (Å²) in [7, 11) is -0.345. The fourth-order valence-corrected chi connectivity index (χ4v) is 3.46. The Kier molecular flexibility index (Phi) is 4.40. The van der Waals surface area contributed by atoms with Crippen molar-refractivity contribution in [2.75, 3.05) is 5.73 Å².